The lowest BCUT2D eigenvalue weighted by molar-refractivity contribution is 0.591. The summed E-state index contributed by atoms with van der Waals surface area (Å²) in [6.45, 7) is 0. The zero-order chi connectivity index (χ0) is 7.14. The van der Waals surface area contributed by atoms with Crippen LogP contribution < -0.4 is 5.73 Å². The molecule has 1 nitrogen and oxygen atoms in total. The Morgan fingerprint density at radius 1 is 1.50 bits per heavy atom. The lowest BCUT2D eigenvalue weighted by Crippen LogP contribution is -2.24. The molecule has 2 heteroatoms. The second kappa shape index (κ2) is 1.80. The predicted octanol–water partition coefficient (Wildman–Crippen LogP) is 1.38. The molecule has 0 spiro atoms. The zero-order valence-electron chi connectivity index (χ0n) is 5.47. The van der Waals surface area contributed by atoms with E-state index in [0.717, 1.165) is 12.0 Å². The van der Waals surface area contributed by atoms with E-state index in [0.29, 0.717) is 0 Å². The van der Waals surface area contributed by atoms with Crippen molar-refractivity contribution in [2.45, 2.75) is 12.5 Å². The van der Waals surface area contributed by atoms with Crippen molar-refractivity contribution < 1.29 is 4.39 Å². The molecule has 2 rings (SSSR count). The third-order valence-corrected chi connectivity index (χ3v) is 1.95. The summed E-state index contributed by atoms with van der Waals surface area (Å²) in [6, 6.07) is 4.87. The average molecular weight is 137 g/mol. The highest BCUT2D eigenvalue weighted by atomic mass is 19.1. The van der Waals surface area contributed by atoms with Crippen molar-refractivity contribution in [1.82, 2.24) is 0 Å². The van der Waals surface area contributed by atoms with Crippen LogP contribution in [0.1, 0.15) is 17.2 Å². The number of hydrogen-bond acceptors (Lipinski definition) is 1. The molecular weight excluding hydrogens is 129 g/mol. The topological polar surface area (TPSA) is 26.0 Å². The summed E-state index contributed by atoms with van der Waals surface area (Å²) in [7, 11) is 0. The smallest absolute Gasteiger partial charge is 0.123 e. The van der Waals surface area contributed by atoms with Crippen molar-refractivity contribution in [2.75, 3.05) is 0 Å². The maximum atomic E-state index is 12.5. The van der Waals surface area contributed by atoms with Gasteiger partial charge in [0.15, 0.2) is 0 Å². The second-order valence-corrected chi connectivity index (χ2v) is 2.65. The Morgan fingerprint density at radius 2 is 2.30 bits per heavy atom. The van der Waals surface area contributed by atoms with Crippen LogP contribution in [0.5, 0.6) is 0 Å². The van der Waals surface area contributed by atoms with Crippen LogP contribution in [0.2, 0.25) is 0 Å². The number of benzene rings is 1. The van der Waals surface area contributed by atoms with Gasteiger partial charge < -0.3 is 5.73 Å². The zero-order valence-corrected chi connectivity index (χ0v) is 5.47. The van der Waals surface area contributed by atoms with Gasteiger partial charge in [0, 0.05) is 6.04 Å². The normalized spacial score (nSPS) is 21.6. The molecule has 1 aliphatic rings. The van der Waals surface area contributed by atoms with Crippen LogP contribution in [-0.4, -0.2) is 0 Å². The fourth-order valence-electron chi connectivity index (χ4n) is 1.31. The minimum Gasteiger partial charge on any atom is -0.324 e. The molecule has 0 heterocycles. The average Bonchev–Trinajstić information content (AvgIpc) is 1.92. The minimum absolute atomic E-state index is 0.0747. The van der Waals surface area contributed by atoms with Crippen LogP contribution >= 0.6 is 0 Å². The lowest BCUT2D eigenvalue weighted by Gasteiger charge is -2.26. The van der Waals surface area contributed by atoms with Gasteiger partial charge in [0.05, 0.1) is 0 Å². The molecule has 0 saturated carbocycles. The Bertz CT molecular complexity index is 270. The van der Waals surface area contributed by atoms with Gasteiger partial charge in [0.2, 0.25) is 0 Å². The highest BCUT2D eigenvalue weighted by Crippen LogP contribution is 2.30. The molecule has 0 amide bonds. The standard InChI is InChI=1S/C8H8FN/c9-6-2-1-5-3-8(10)7(5)4-6/h1-2,4,8H,3,10H2. The van der Waals surface area contributed by atoms with E-state index in [1.54, 1.807) is 6.07 Å². The summed E-state index contributed by atoms with van der Waals surface area (Å²) in [5, 5.41) is 0. The van der Waals surface area contributed by atoms with Crippen molar-refractivity contribution in [2.24, 2.45) is 5.73 Å². The van der Waals surface area contributed by atoms with Gasteiger partial charge in [0.1, 0.15) is 5.82 Å². The van der Waals surface area contributed by atoms with Gasteiger partial charge in [-0.2, -0.15) is 0 Å². The summed E-state index contributed by atoms with van der Waals surface area (Å²) < 4.78 is 12.5. The van der Waals surface area contributed by atoms with E-state index in [9.17, 15) is 4.39 Å². The molecule has 1 aromatic rings. The highest BCUT2D eigenvalue weighted by molar-refractivity contribution is 5.39. The largest absolute Gasteiger partial charge is 0.324 e. The molecule has 0 saturated heterocycles. The molecule has 1 aliphatic carbocycles. The van der Waals surface area contributed by atoms with Gasteiger partial charge in [-0.3, -0.25) is 0 Å². The summed E-state index contributed by atoms with van der Waals surface area (Å²) in [5.41, 5.74) is 7.75. The fourth-order valence-corrected chi connectivity index (χ4v) is 1.31. The maximum absolute atomic E-state index is 12.5. The van der Waals surface area contributed by atoms with Crippen LogP contribution in [-0.2, 0) is 6.42 Å². The molecule has 52 valence electrons. The number of hydrogen-bond donors (Lipinski definition) is 1. The quantitative estimate of drug-likeness (QED) is 0.574. The first kappa shape index (κ1) is 5.86. The van der Waals surface area contributed by atoms with E-state index < -0.39 is 0 Å². The maximum Gasteiger partial charge on any atom is 0.123 e. The second-order valence-electron chi connectivity index (χ2n) is 2.65. The fraction of sp³-hybridized carbons (Fsp3) is 0.250. The van der Waals surface area contributed by atoms with E-state index in [2.05, 4.69) is 0 Å². The molecular formula is C8H8FN. The SMILES string of the molecule is NC1Cc2ccc(F)cc21. The molecule has 10 heavy (non-hydrogen) atoms. The van der Waals surface area contributed by atoms with Crippen LogP contribution in [0.3, 0.4) is 0 Å². The van der Waals surface area contributed by atoms with Gasteiger partial charge in [-0.25, -0.2) is 4.39 Å². The lowest BCUT2D eigenvalue weighted by atomic mass is 9.84. The van der Waals surface area contributed by atoms with E-state index in [-0.39, 0.29) is 11.9 Å². The van der Waals surface area contributed by atoms with Crippen LogP contribution in [0.25, 0.3) is 0 Å². The molecule has 1 unspecified atom stereocenters. The molecule has 0 aliphatic heterocycles. The summed E-state index contributed by atoms with van der Waals surface area (Å²) in [5.74, 6) is -0.186. The Balaban J connectivity index is 2.51. The van der Waals surface area contributed by atoms with Crippen molar-refractivity contribution in [1.29, 1.82) is 0 Å². The van der Waals surface area contributed by atoms with E-state index in [1.165, 1.54) is 17.7 Å². The molecule has 1 aromatic carbocycles. The summed E-state index contributed by atoms with van der Waals surface area (Å²) in [6.07, 6.45) is 0.898. The molecule has 2 N–H and O–H groups in total. The van der Waals surface area contributed by atoms with E-state index >= 15 is 0 Å². The molecule has 0 bridgehead atoms. The van der Waals surface area contributed by atoms with Gasteiger partial charge >= 0.3 is 0 Å². The van der Waals surface area contributed by atoms with Gasteiger partial charge in [-0.15, -0.1) is 0 Å². The molecule has 0 fully saturated rings. The first-order valence-corrected chi connectivity index (χ1v) is 3.31. The van der Waals surface area contributed by atoms with Crippen molar-refractivity contribution >= 4 is 0 Å². The summed E-state index contributed by atoms with van der Waals surface area (Å²) >= 11 is 0. The van der Waals surface area contributed by atoms with E-state index in [4.69, 9.17) is 5.73 Å². The first-order valence-electron chi connectivity index (χ1n) is 3.31. The number of halogens is 1. The van der Waals surface area contributed by atoms with Crippen LogP contribution in [0.15, 0.2) is 18.2 Å². The number of nitrogens with two attached hydrogens (primary N) is 1. The third-order valence-electron chi connectivity index (χ3n) is 1.95. The van der Waals surface area contributed by atoms with E-state index in [1.807, 2.05) is 0 Å². The van der Waals surface area contributed by atoms with Crippen molar-refractivity contribution in [3.63, 3.8) is 0 Å². The number of fused-ring (bicyclic) bond motifs is 1. The van der Waals surface area contributed by atoms with Crippen molar-refractivity contribution in [3.8, 4) is 0 Å². The van der Waals surface area contributed by atoms with Gasteiger partial charge in [-0.05, 0) is 29.7 Å². The molecule has 0 radical (unpaired) electrons. The Kier molecular flexibility index (Phi) is 1.05. The van der Waals surface area contributed by atoms with Crippen LogP contribution in [0.4, 0.5) is 4.39 Å². The Morgan fingerprint density at radius 3 is 2.90 bits per heavy atom. The van der Waals surface area contributed by atoms with Crippen molar-refractivity contribution in [3.05, 3.63) is 35.1 Å². The van der Waals surface area contributed by atoms with Gasteiger partial charge in [0.25, 0.3) is 0 Å². The number of rotatable bonds is 0. The predicted molar refractivity (Wildman–Crippen MR) is 37.0 cm³/mol. The van der Waals surface area contributed by atoms with Crippen LogP contribution in [0, 0.1) is 5.82 Å². The molecule has 1 atom stereocenters. The minimum atomic E-state index is -0.186. The Labute approximate surface area is 58.7 Å². The Hall–Kier alpha value is -0.890. The monoisotopic (exact) mass is 137 g/mol. The molecule has 0 aromatic heterocycles. The highest BCUT2D eigenvalue weighted by Gasteiger charge is 2.21. The third kappa shape index (κ3) is 0.656. The first-order chi connectivity index (χ1) is 4.77. The summed E-state index contributed by atoms with van der Waals surface area (Å²) in [4.78, 5) is 0. The van der Waals surface area contributed by atoms with Gasteiger partial charge in [-0.1, -0.05) is 6.07 Å².